The standard InChI is InChI=1S/C29H26O8S/c1-33-23-15-22(37-16-28(31)32)17(11-20(23)27-14-18-7-5-6-8-26(18)38-27)9-10-21(30)19-12-24(34-2)29(36-4)25(13-19)35-3/h5-15H,16H2,1-4H3,(H,31,32)/b10-9+. The number of ether oxygens (including phenoxy) is 5. The molecule has 4 aromatic rings. The van der Waals surface area contributed by atoms with Gasteiger partial charge in [-0.25, -0.2) is 4.79 Å². The zero-order chi connectivity index (χ0) is 27.2. The van der Waals surface area contributed by atoms with Crippen molar-refractivity contribution < 1.29 is 38.4 Å². The van der Waals surface area contributed by atoms with Gasteiger partial charge in [0.25, 0.3) is 0 Å². The van der Waals surface area contributed by atoms with Crippen LogP contribution in [0, 0.1) is 0 Å². The van der Waals surface area contributed by atoms with Crippen molar-refractivity contribution in [3.8, 4) is 39.2 Å². The van der Waals surface area contributed by atoms with Crippen LogP contribution in [0.25, 0.3) is 26.6 Å². The van der Waals surface area contributed by atoms with Crippen LogP contribution >= 0.6 is 11.3 Å². The van der Waals surface area contributed by atoms with Crippen molar-refractivity contribution in [2.75, 3.05) is 35.0 Å². The Kier molecular flexibility index (Phi) is 8.18. The molecule has 0 aliphatic heterocycles. The molecule has 3 aromatic carbocycles. The van der Waals surface area contributed by atoms with Crippen molar-refractivity contribution in [1.29, 1.82) is 0 Å². The van der Waals surface area contributed by atoms with E-state index in [9.17, 15) is 9.59 Å². The molecule has 1 heterocycles. The largest absolute Gasteiger partial charge is 0.496 e. The highest BCUT2D eigenvalue weighted by Crippen LogP contribution is 2.42. The molecule has 0 saturated heterocycles. The monoisotopic (exact) mass is 534 g/mol. The molecular weight excluding hydrogens is 508 g/mol. The van der Waals surface area contributed by atoms with E-state index in [0.717, 1.165) is 20.5 Å². The third-order valence-corrected chi connectivity index (χ3v) is 6.89. The Hall–Kier alpha value is -4.50. The maximum Gasteiger partial charge on any atom is 0.341 e. The highest BCUT2D eigenvalue weighted by atomic mass is 32.1. The third-order valence-electron chi connectivity index (χ3n) is 5.74. The number of thiophene rings is 1. The van der Waals surface area contributed by atoms with Gasteiger partial charge in [-0.1, -0.05) is 18.2 Å². The fraction of sp³-hybridized carbons (Fsp3) is 0.172. The van der Waals surface area contributed by atoms with Gasteiger partial charge in [0.1, 0.15) is 11.5 Å². The molecule has 196 valence electrons. The Labute approximate surface area is 223 Å². The summed E-state index contributed by atoms with van der Waals surface area (Å²) in [6.07, 6.45) is 2.96. The van der Waals surface area contributed by atoms with Gasteiger partial charge in [0, 0.05) is 32.3 Å². The Morgan fingerprint density at radius 2 is 1.53 bits per heavy atom. The van der Waals surface area contributed by atoms with Crippen molar-refractivity contribution in [2.24, 2.45) is 0 Å². The second-order valence-electron chi connectivity index (χ2n) is 8.03. The van der Waals surface area contributed by atoms with Gasteiger partial charge in [0.15, 0.2) is 23.9 Å². The van der Waals surface area contributed by atoms with Crippen molar-refractivity contribution in [3.63, 3.8) is 0 Å². The number of allylic oxidation sites excluding steroid dienone is 1. The minimum Gasteiger partial charge on any atom is -0.496 e. The molecule has 0 fully saturated rings. The number of carbonyl (C=O) groups excluding carboxylic acids is 1. The molecule has 0 radical (unpaired) electrons. The van der Waals surface area contributed by atoms with Crippen molar-refractivity contribution >= 4 is 39.3 Å². The van der Waals surface area contributed by atoms with E-state index < -0.39 is 12.6 Å². The zero-order valence-electron chi connectivity index (χ0n) is 21.3. The van der Waals surface area contributed by atoms with Gasteiger partial charge >= 0.3 is 5.97 Å². The number of fused-ring (bicyclic) bond motifs is 1. The number of hydrogen-bond donors (Lipinski definition) is 1. The summed E-state index contributed by atoms with van der Waals surface area (Å²) in [7, 11) is 5.97. The molecule has 1 aromatic heterocycles. The van der Waals surface area contributed by atoms with E-state index in [4.69, 9.17) is 28.8 Å². The van der Waals surface area contributed by atoms with Gasteiger partial charge in [-0.05, 0) is 47.9 Å². The number of carboxylic acid groups (broad SMARTS) is 1. The number of aliphatic carboxylic acids is 1. The fourth-order valence-corrected chi connectivity index (χ4v) is 5.02. The van der Waals surface area contributed by atoms with Crippen molar-refractivity contribution in [1.82, 2.24) is 0 Å². The van der Waals surface area contributed by atoms with Crippen molar-refractivity contribution in [2.45, 2.75) is 0 Å². The summed E-state index contributed by atoms with van der Waals surface area (Å²) >= 11 is 1.60. The normalized spacial score (nSPS) is 10.9. The fourth-order valence-electron chi connectivity index (χ4n) is 3.93. The lowest BCUT2D eigenvalue weighted by Gasteiger charge is -2.14. The van der Waals surface area contributed by atoms with Crippen LogP contribution in [0.15, 0.2) is 60.7 Å². The molecule has 0 amide bonds. The van der Waals surface area contributed by atoms with Crippen LogP contribution < -0.4 is 23.7 Å². The van der Waals surface area contributed by atoms with Crippen LogP contribution in [-0.2, 0) is 4.79 Å². The Morgan fingerprint density at radius 3 is 2.13 bits per heavy atom. The smallest absolute Gasteiger partial charge is 0.341 e. The summed E-state index contributed by atoms with van der Waals surface area (Å²) in [5.74, 6) is 0.418. The Morgan fingerprint density at radius 1 is 0.842 bits per heavy atom. The van der Waals surface area contributed by atoms with Crippen LogP contribution in [0.2, 0.25) is 0 Å². The van der Waals surface area contributed by atoms with Gasteiger partial charge in [-0.15, -0.1) is 11.3 Å². The predicted molar refractivity (Wildman–Crippen MR) is 146 cm³/mol. The quantitative estimate of drug-likeness (QED) is 0.186. The first-order valence-corrected chi connectivity index (χ1v) is 12.3. The molecule has 0 spiro atoms. The molecule has 8 nitrogen and oxygen atoms in total. The average Bonchev–Trinajstić information content (AvgIpc) is 3.37. The summed E-state index contributed by atoms with van der Waals surface area (Å²) in [5.41, 5.74) is 1.62. The summed E-state index contributed by atoms with van der Waals surface area (Å²) in [4.78, 5) is 25.3. The number of benzene rings is 3. The maximum absolute atomic E-state index is 13.1. The molecule has 9 heteroatoms. The number of carbonyl (C=O) groups is 2. The Balaban J connectivity index is 1.77. The maximum atomic E-state index is 13.1. The van der Waals surface area contributed by atoms with E-state index >= 15 is 0 Å². The van der Waals surface area contributed by atoms with Gasteiger partial charge in [0.05, 0.1) is 28.4 Å². The number of rotatable bonds is 11. The average molecular weight is 535 g/mol. The molecule has 4 rings (SSSR count). The Bertz CT molecular complexity index is 1460. The summed E-state index contributed by atoms with van der Waals surface area (Å²) in [5, 5.41) is 10.2. The predicted octanol–water partition coefficient (Wildman–Crippen LogP) is 5.96. The molecule has 0 aliphatic carbocycles. The first kappa shape index (κ1) is 26.6. The summed E-state index contributed by atoms with van der Waals surface area (Å²) < 4.78 is 28.3. The first-order valence-electron chi connectivity index (χ1n) is 11.5. The molecule has 0 saturated carbocycles. The van der Waals surface area contributed by atoms with E-state index in [-0.39, 0.29) is 11.5 Å². The number of ketones is 1. The van der Waals surface area contributed by atoms with Crippen molar-refractivity contribution in [3.05, 3.63) is 71.8 Å². The summed E-state index contributed by atoms with van der Waals surface area (Å²) in [6.45, 7) is -0.549. The summed E-state index contributed by atoms with van der Waals surface area (Å²) in [6, 6.07) is 16.7. The van der Waals surface area contributed by atoms with Gasteiger partial charge in [0.2, 0.25) is 5.75 Å². The molecule has 1 N–H and O–H groups in total. The topological polar surface area (TPSA) is 101 Å². The van der Waals surface area contributed by atoms with Gasteiger partial charge in [-0.3, -0.25) is 4.79 Å². The van der Waals surface area contributed by atoms with Crippen LogP contribution in [0.3, 0.4) is 0 Å². The molecule has 0 atom stereocenters. The van der Waals surface area contributed by atoms with Crippen LogP contribution in [-0.4, -0.2) is 51.9 Å². The molecular formula is C29H26O8S. The lowest BCUT2D eigenvalue weighted by atomic mass is 10.0. The van der Waals surface area contributed by atoms with Crippen LogP contribution in [0.4, 0.5) is 0 Å². The highest BCUT2D eigenvalue weighted by Gasteiger charge is 2.18. The van der Waals surface area contributed by atoms with E-state index in [0.29, 0.717) is 34.1 Å². The zero-order valence-corrected chi connectivity index (χ0v) is 22.1. The third kappa shape index (κ3) is 5.57. The molecule has 38 heavy (non-hydrogen) atoms. The minimum absolute atomic E-state index is 0.267. The van der Waals surface area contributed by atoms with E-state index in [1.54, 1.807) is 35.6 Å². The van der Waals surface area contributed by atoms with E-state index in [1.807, 2.05) is 30.3 Å². The highest BCUT2D eigenvalue weighted by molar-refractivity contribution is 7.22. The molecule has 0 unspecified atom stereocenters. The van der Waals surface area contributed by atoms with Crippen LogP contribution in [0.5, 0.6) is 28.7 Å². The second-order valence-corrected chi connectivity index (χ2v) is 9.12. The number of methoxy groups -OCH3 is 4. The van der Waals surface area contributed by atoms with E-state index in [1.165, 1.54) is 34.5 Å². The van der Waals surface area contributed by atoms with Gasteiger partial charge in [-0.2, -0.15) is 0 Å². The minimum atomic E-state index is -1.12. The SMILES string of the molecule is COc1cc(OCC(=O)O)c(/C=C/C(=O)c2cc(OC)c(OC)c(OC)c2)cc1-c1cc2ccccc2s1. The number of hydrogen-bond acceptors (Lipinski definition) is 8. The lowest BCUT2D eigenvalue weighted by molar-refractivity contribution is -0.139. The first-order chi connectivity index (χ1) is 18.4. The molecule has 0 aliphatic rings. The van der Waals surface area contributed by atoms with Gasteiger partial charge < -0.3 is 28.8 Å². The van der Waals surface area contributed by atoms with Crippen LogP contribution in [0.1, 0.15) is 15.9 Å². The van der Waals surface area contributed by atoms with E-state index in [2.05, 4.69) is 6.07 Å². The number of carboxylic acids is 1. The molecule has 0 bridgehead atoms. The lowest BCUT2D eigenvalue weighted by Crippen LogP contribution is -2.10. The second kappa shape index (κ2) is 11.7.